The molecule has 0 atom stereocenters. The van der Waals surface area contributed by atoms with Crippen molar-refractivity contribution in [1.29, 1.82) is 0 Å². The average Bonchev–Trinajstić information content (AvgIpc) is 3.63. The van der Waals surface area contributed by atoms with Crippen LogP contribution in [0.15, 0.2) is 59.2 Å². The molecular weight excluding hydrogens is 450 g/mol. The van der Waals surface area contributed by atoms with Gasteiger partial charge in [-0.1, -0.05) is 0 Å². The number of hydrogen-bond acceptors (Lipinski definition) is 7. The second-order valence-electron chi connectivity index (χ2n) is 8.41. The van der Waals surface area contributed by atoms with E-state index in [1.165, 1.54) is 31.6 Å². The quantitative estimate of drug-likeness (QED) is 0.429. The van der Waals surface area contributed by atoms with Gasteiger partial charge in [0.05, 0.1) is 48.0 Å². The van der Waals surface area contributed by atoms with E-state index in [9.17, 15) is 19.2 Å². The molecule has 2 aliphatic rings. The van der Waals surface area contributed by atoms with Gasteiger partial charge in [0.25, 0.3) is 17.7 Å². The molecule has 1 saturated heterocycles. The molecule has 0 bridgehead atoms. The fourth-order valence-corrected chi connectivity index (χ4v) is 4.44. The minimum Gasteiger partial charge on any atom is -0.467 e. The van der Waals surface area contributed by atoms with Crippen molar-refractivity contribution >= 4 is 35.1 Å². The van der Waals surface area contributed by atoms with Gasteiger partial charge in [0.1, 0.15) is 5.76 Å². The van der Waals surface area contributed by atoms with Crippen molar-refractivity contribution in [3.8, 4) is 0 Å². The minimum absolute atomic E-state index is 0.0143. The summed E-state index contributed by atoms with van der Waals surface area (Å²) in [5, 5.41) is 2.87. The van der Waals surface area contributed by atoms with E-state index < -0.39 is 23.7 Å². The number of methoxy groups -OCH3 is 1. The first-order valence-corrected chi connectivity index (χ1v) is 11.3. The van der Waals surface area contributed by atoms with Gasteiger partial charge in [-0.05, 0) is 61.4 Å². The Kier molecular flexibility index (Phi) is 5.82. The van der Waals surface area contributed by atoms with Crippen molar-refractivity contribution < 1.29 is 28.3 Å². The number of nitrogens with zero attached hydrogens (tertiary/aromatic N) is 2. The molecule has 178 valence electrons. The van der Waals surface area contributed by atoms with E-state index >= 15 is 0 Å². The molecule has 1 N–H and O–H groups in total. The second-order valence-corrected chi connectivity index (χ2v) is 8.41. The predicted molar refractivity (Wildman–Crippen MR) is 127 cm³/mol. The third kappa shape index (κ3) is 4.16. The Labute approximate surface area is 201 Å². The standard InChI is InChI=1S/C26H23N3O6/c1-34-26(33)17-7-9-22(28-10-2-3-11-28)21(14-17)27-23(30)16-6-8-19-20(13-16)25(32)29(24(19)31)15-18-5-4-12-35-18/h4-9,12-14H,2-3,10-11,15H2,1H3,(H,27,30). The Balaban J connectivity index is 1.41. The Morgan fingerprint density at radius 3 is 2.43 bits per heavy atom. The van der Waals surface area contributed by atoms with E-state index in [1.807, 2.05) is 0 Å². The number of amides is 3. The maximum absolute atomic E-state index is 13.2. The molecular formula is C26H23N3O6. The third-order valence-corrected chi connectivity index (χ3v) is 6.24. The maximum Gasteiger partial charge on any atom is 0.337 e. The summed E-state index contributed by atoms with van der Waals surface area (Å²) in [5.41, 5.74) is 2.22. The SMILES string of the molecule is COC(=O)c1ccc(N2CCCC2)c(NC(=O)c2ccc3c(c2)C(=O)N(Cc2ccco2)C3=O)c1. The van der Waals surface area contributed by atoms with Crippen molar-refractivity contribution in [2.75, 3.05) is 30.4 Å². The van der Waals surface area contributed by atoms with Crippen LogP contribution in [0.2, 0.25) is 0 Å². The lowest BCUT2D eigenvalue weighted by Crippen LogP contribution is -2.28. The number of carbonyl (C=O) groups excluding carboxylic acids is 4. The zero-order valence-electron chi connectivity index (χ0n) is 19.1. The molecule has 1 aromatic heterocycles. The maximum atomic E-state index is 13.2. The van der Waals surface area contributed by atoms with Gasteiger partial charge in [-0.3, -0.25) is 19.3 Å². The van der Waals surface area contributed by atoms with Crippen molar-refractivity contribution in [2.45, 2.75) is 19.4 Å². The van der Waals surface area contributed by atoms with E-state index in [0.29, 0.717) is 17.0 Å². The Hall–Kier alpha value is -4.40. The molecule has 0 aliphatic carbocycles. The highest BCUT2D eigenvalue weighted by molar-refractivity contribution is 6.22. The van der Waals surface area contributed by atoms with Crippen LogP contribution in [0.5, 0.6) is 0 Å². The lowest BCUT2D eigenvalue weighted by molar-refractivity contribution is 0.0597. The minimum atomic E-state index is -0.508. The molecule has 9 heteroatoms. The number of ether oxygens (including phenoxy) is 1. The van der Waals surface area contributed by atoms with Crippen LogP contribution in [-0.4, -0.2) is 48.8 Å². The van der Waals surface area contributed by atoms with Crippen molar-refractivity contribution in [2.24, 2.45) is 0 Å². The largest absolute Gasteiger partial charge is 0.467 e. The first-order valence-electron chi connectivity index (χ1n) is 11.3. The highest BCUT2D eigenvalue weighted by atomic mass is 16.5. The molecule has 2 aromatic carbocycles. The molecule has 35 heavy (non-hydrogen) atoms. The van der Waals surface area contributed by atoms with E-state index in [1.54, 1.807) is 30.3 Å². The normalized spacial score (nSPS) is 14.9. The fraction of sp³-hybridized carbons (Fsp3) is 0.231. The predicted octanol–water partition coefficient (Wildman–Crippen LogP) is 3.71. The fourth-order valence-electron chi connectivity index (χ4n) is 4.44. The topological polar surface area (TPSA) is 109 Å². The Bertz CT molecular complexity index is 1320. The number of hydrogen-bond donors (Lipinski definition) is 1. The van der Waals surface area contributed by atoms with Gasteiger partial charge in [0.15, 0.2) is 0 Å². The number of fused-ring (bicyclic) bond motifs is 1. The van der Waals surface area contributed by atoms with Crippen LogP contribution in [0, 0.1) is 0 Å². The highest BCUT2D eigenvalue weighted by Gasteiger charge is 2.36. The summed E-state index contributed by atoms with van der Waals surface area (Å²) >= 11 is 0. The average molecular weight is 473 g/mol. The zero-order valence-corrected chi connectivity index (χ0v) is 19.1. The van der Waals surface area contributed by atoms with Gasteiger partial charge in [-0.2, -0.15) is 0 Å². The third-order valence-electron chi connectivity index (χ3n) is 6.24. The van der Waals surface area contributed by atoms with Crippen molar-refractivity contribution in [3.63, 3.8) is 0 Å². The van der Waals surface area contributed by atoms with E-state index in [-0.39, 0.29) is 23.2 Å². The van der Waals surface area contributed by atoms with Crippen LogP contribution in [0.1, 0.15) is 60.0 Å². The molecule has 2 aliphatic heterocycles. The van der Waals surface area contributed by atoms with Gasteiger partial charge >= 0.3 is 5.97 Å². The van der Waals surface area contributed by atoms with Crippen LogP contribution in [0.4, 0.5) is 11.4 Å². The first-order chi connectivity index (χ1) is 17.0. The zero-order chi connectivity index (χ0) is 24.5. The van der Waals surface area contributed by atoms with Crippen LogP contribution >= 0.6 is 0 Å². The van der Waals surface area contributed by atoms with Crippen LogP contribution in [0.25, 0.3) is 0 Å². The van der Waals surface area contributed by atoms with E-state index in [2.05, 4.69) is 10.2 Å². The van der Waals surface area contributed by atoms with Crippen LogP contribution < -0.4 is 10.2 Å². The molecule has 3 aromatic rings. The molecule has 0 spiro atoms. The van der Waals surface area contributed by atoms with E-state index in [0.717, 1.165) is 36.5 Å². The van der Waals surface area contributed by atoms with Crippen LogP contribution in [0.3, 0.4) is 0 Å². The highest BCUT2D eigenvalue weighted by Crippen LogP contribution is 2.31. The number of rotatable bonds is 6. The smallest absolute Gasteiger partial charge is 0.337 e. The summed E-state index contributed by atoms with van der Waals surface area (Å²) in [6.45, 7) is 1.71. The van der Waals surface area contributed by atoms with Gasteiger partial charge in [-0.25, -0.2) is 4.79 Å². The monoisotopic (exact) mass is 473 g/mol. The second kappa shape index (κ2) is 9.09. The number of benzene rings is 2. The van der Waals surface area contributed by atoms with Crippen molar-refractivity contribution in [3.05, 3.63) is 82.8 Å². The Morgan fingerprint density at radius 1 is 0.971 bits per heavy atom. The lowest BCUT2D eigenvalue weighted by Gasteiger charge is -2.22. The van der Waals surface area contributed by atoms with Crippen LogP contribution in [-0.2, 0) is 11.3 Å². The summed E-state index contributed by atoms with van der Waals surface area (Å²) in [7, 11) is 1.30. The van der Waals surface area contributed by atoms with Gasteiger partial charge in [0, 0.05) is 18.7 Å². The number of nitrogens with one attached hydrogen (secondary N) is 1. The molecule has 1 fully saturated rings. The number of anilines is 2. The molecule has 5 rings (SSSR count). The van der Waals surface area contributed by atoms with Gasteiger partial charge < -0.3 is 19.4 Å². The molecule has 3 amide bonds. The molecule has 9 nitrogen and oxygen atoms in total. The van der Waals surface area contributed by atoms with Gasteiger partial charge in [0.2, 0.25) is 0 Å². The summed E-state index contributed by atoms with van der Waals surface area (Å²) in [5.74, 6) is -1.40. The molecule has 0 radical (unpaired) electrons. The molecule has 0 unspecified atom stereocenters. The number of furan rings is 1. The number of imide groups is 1. The van der Waals surface area contributed by atoms with Crippen molar-refractivity contribution in [1.82, 2.24) is 4.90 Å². The first kappa shape index (κ1) is 22.4. The lowest BCUT2D eigenvalue weighted by atomic mass is 10.0. The van der Waals surface area contributed by atoms with Gasteiger partial charge in [-0.15, -0.1) is 0 Å². The van der Waals surface area contributed by atoms with E-state index in [4.69, 9.17) is 9.15 Å². The summed E-state index contributed by atoms with van der Waals surface area (Å²) in [4.78, 5) is 54.2. The Morgan fingerprint density at radius 2 is 1.71 bits per heavy atom. The summed E-state index contributed by atoms with van der Waals surface area (Å²) in [6.07, 6.45) is 3.56. The number of esters is 1. The summed E-state index contributed by atoms with van der Waals surface area (Å²) in [6, 6.07) is 12.8. The number of carbonyl (C=O) groups is 4. The molecule has 0 saturated carbocycles. The molecule has 3 heterocycles. The summed E-state index contributed by atoms with van der Waals surface area (Å²) < 4.78 is 10.1.